The first-order valence-corrected chi connectivity index (χ1v) is 4.09. The third-order valence-electron chi connectivity index (χ3n) is 1.68. The number of aryl methyl sites for hydroxylation is 1. The van der Waals surface area contributed by atoms with E-state index in [1.165, 1.54) is 6.08 Å². The van der Waals surface area contributed by atoms with Crippen LogP contribution >= 0.6 is 0 Å². The molecule has 0 heterocycles. The fraction of sp³-hybridized carbons (Fsp3) is 0.0909. The molecular formula is C11H10O3. The molecule has 0 atom stereocenters. The molecule has 0 saturated carbocycles. The van der Waals surface area contributed by atoms with Gasteiger partial charge in [-0.3, -0.25) is 4.79 Å². The number of rotatable bonds is 3. The summed E-state index contributed by atoms with van der Waals surface area (Å²) in [6.07, 6.45) is 3.25. The molecule has 1 aromatic rings. The Hall–Kier alpha value is -1.90. The lowest BCUT2D eigenvalue weighted by atomic mass is 10.1. The first kappa shape index (κ1) is 10.2. The lowest BCUT2D eigenvalue weighted by Crippen LogP contribution is -1.88. The summed E-state index contributed by atoms with van der Waals surface area (Å²) in [6, 6.07) is 5.19. The number of hydrogen-bond donors (Lipinski definition) is 1. The molecule has 0 radical (unpaired) electrons. The second-order valence-corrected chi connectivity index (χ2v) is 2.97. The van der Waals surface area contributed by atoms with E-state index in [0.717, 1.165) is 23.5 Å². The van der Waals surface area contributed by atoms with Crippen molar-refractivity contribution in [3.8, 4) is 0 Å². The Labute approximate surface area is 81.7 Å². The Morgan fingerprint density at radius 3 is 2.50 bits per heavy atom. The van der Waals surface area contributed by atoms with Crippen LogP contribution in [0.2, 0.25) is 0 Å². The Kier molecular flexibility index (Phi) is 3.18. The van der Waals surface area contributed by atoms with Crippen LogP contribution in [0.4, 0.5) is 0 Å². The van der Waals surface area contributed by atoms with Crippen LogP contribution < -0.4 is 0 Å². The molecule has 0 aliphatic rings. The first-order chi connectivity index (χ1) is 6.61. The fourth-order valence-corrected chi connectivity index (χ4v) is 1.18. The van der Waals surface area contributed by atoms with Gasteiger partial charge in [0.05, 0.1) is 0 Å². The predicted octanol–water partition coefficient (Wildman–Crippen LogP) is 1.91. The molecule has 0 aliphatic heterocycles. The van der Waals surface area contributed by atoms with Crippen LogP contribution in [-0.4, -0.2) is 17.4 Å². The van der Waals surface area contributed by atoms with Crippen LogP contribution in [-0.2, 0) is 4.79 Å². The smallest absolute Gasteiger partial charge is 0.328 e. The zero-order valence-corrected chi connectivity index (χ0v) is 7.73. The highest BCUT2D eigenvalue weighted by molar-refractivity contribution is 5.86. The zero-order valence-electron chi connectivity index (χ0n) is 7.73. The van der Waals surface area contributed by atoms with Crippen molar-refractivity contribution < 1.29 is 14.7 Å². The lowest BCUT2D eigenvalue weighted by Gasteiger charge is -1.98. The van der Waals surface area contributed by atoms with E-state index in [1.54, 1.807) is 12.1 Å². The van der Waals surface area contributed by atoms with Crippen molar-refractivity contribution in [3.63, 3.8) is 0 Å². The van der Waals surface area contributed by atoms with E-state index in [0.29, 0.717) is 5.56 Å². The van der Waals surface area contributed by atoms with Crippen LogP contribution in [0, 0.1) is 6.92 Å². The molecule has 0 amide bonds. The molecule has 3 heteroatoms. The summed E-state index contributed by atoms with van der Waals surface area (Å²) >= 11 is 0. The molecule has 0 bridgehead atoms. The molecule has 1 rings (SSSR count). The number of aliphatic carboxylic acids is 1. The van der Waals surface area contributed by atoms with Gasteiger partial charge >= 0.3 is 5.97 Å². The molecule has 0 fully saturated rings. The molecule has 1 N–H and O–H groups in total. The van der Waals surface area contributed by atoms with Gasteiger partial charge in [-0.1, -0.05) is 6.07 Å². The number of carboxylic acids is 1. The minimum absolute atomic E-state index is 0.551. The van der Waals surface area contributed by atoms with Crippen LogP contribution in [0.25, 0.3) is 6.08 Å². The van der Waals surface area contributed by atoms with E-state index in [2.05, 4.69) is 0 Å². The molecule has 0 unspecified atom stereocenters. The minimum atomic E-state index is -1.00. The number of hydrogen-bond acceptors (Lipinski definition) is 2. The molecule has 14 heavy (non-hydrogen) atoms. The zero-order chi connectivity index (χ0) is 10.6. The second-order valence-electron chi connectivity index (χ2n) is 2.97. The quantitative estimate of drug-likeness (QED) is 0.585. The summed E-state index contributed by atoms with van der Waals surface area (Å²) in [5.74, 6) is -1.00. The molecule has 72 valence electrons. The highest BCUT2D eigenvalue weighted by Crippen LogP contribution is 2.09. The lowest BCUT2D eigenvalue weighted by molar-refractivity contribution is -0.131. The summed E-state index contributed by atoms with van der Waals surface area (Å²) in [7, 11) is 0. The number of aldehydes is 1. The van der Waals surface area contributed by atoms with Crippen molar-refractivity contribution >= 4 is 18.3 Å². The maximum absolute atomic E-state index is 10.5. The molecule has 0 spiro atoms. The first-order valence-electron chi connectivity index (χ1n) is 4.09. The predicted molar refractivity (Wildman–Crippen MR) is 53.2 cm³/mol. The number of carbonyl (C=O) groups is 2. The molecule has 3 nitrogen and oxygen atoms in total. The van der Waals surface area contributed by atoms with Gasteiger partial charge in [-0.05, 0) is 36.3 Å². The van der Waals surface area contributed by atoms with E-state index >= 15 is 0 Å². The number of carboxylic acid groups (broad SMARTS) is 1. The third kappa shape index (κ3) is 2.86. The van der Waals surface area contributed by atoms with Crippen LogP contribution in [0.15, 0.2) is 24.3 Å². The van der Waals surface area contributed by atoms with Crippen molar-refractivity contribution in [1.29, 1.82) is 0 Å². The van der Waals surface area contributed by atoms with Crippen LogP contribution in [0.3, 0.4) is 0 Å². The van der Waals surface area contributed by atoms with Gasteiger partial charge in [0.25, 0.3) is 0 Å². The van der Waals surface area contributed by atoms with Crippen molar-refractivity contribution in [3.05, 3.63) is 41.0 Å². The topological polar surface area (TPSA) is 54.4 Å². The standard InChI is InChI=1S/C11H10O3/c1-8-4-9(2-3-11(13)14)6-10(5-8)7-12/h2-7H,1H3,(H,13,14). The summed E-state index contributed by atoms with van der Waals surface area (Å²) in [4.78, 5) is 20.8. The molecule has 0 aliphatic carbocycles. The molecule has 0 saturated heterocycles. The summed E-state index contributed by atoms with van der Waals surface area (Å²) < 4.78 is 0. The van der Waals surface area contributed by atoms with Gasteiger partial charge in [0.15, 0.2) is 0 Å². The van der Waals surface area contributed by atoms with Gasteiger partial charge in [-0.2, -0.15) is 0 Å². The van der Waals surface area contributed by atoms with E-state index in [-0.39, 0.29) is 0 Å². The summed E-state index contributed by atoms with van der Waals surface area (Å²) in [6.45, 7) is 1.85. The van der Waals surface area contributed by atoms with Crippen molar-refractivity contribution in [1.82, 2.24) is 0 Å². The highest BCUT2D eigenvalue weighted by Gasteiger charge is 1.95. The number of benzene rings is 1. The molecule has 0 aromatic heterocycles. The van der Waals surface area contributed by atoms with Gasteiger partial charge in [0, 0.05) is 11.6 Å². The molecule has 1 aromatic carbocycles. The monoisotopic (exact) mass is 190 g/mol. The maximum atomic E-state index is 10.5. The normalized spacial score (nSPS) is 10.4. The fourth-order valence-electron chi connectivity index (χ4n) is 1.18. The van der Waals surface area contributed by atoms with Crippen LogP contribution in [0.5, 0.6) is 0 Å². The third-order valence-corrected chi connectivity index (χ3v) is 1.68. The Morgan fingerprint density at radius 2 is 1.93 bits per heavy atom. The average molecular weight is 190 g/mol. The molecular weight excluding hydrogens is 180 g/mol. The van der Waals surface area contributed by atoms with Gasteiger partial charge in [0.1, 0.15) is 6.29 Å². The Balaban J connectivity index is 3.03. The minimum Gasteiger partial charge on any atom is -0.478 e. The Bertz CT molecular complexity index is 392. The van der Waals surface area contributed by atoms with Crippen molar-refractivity contribution in [2.45, 2.75) is 6.92 Å². The summed E-state index contributed by atoms with van der Waals surface area (Å²) in [5, 5.41) is 8.41. The SMILES string of the molecule is Cc1cc(C=O)cc(C=CC(=O)O)c1. The summed E-state index contributed by atoms with van der Waals surface area (Å²) in [5.41, 5.74) is 2.20. The largest absolute Gasteiger partial charge is 0.478 e. The van der Waals surface area contributed by atoms with E-state index in [9.17, 15) is 9.59 Å². The average Bonchev–Trinajstić information content (AvgIpc) is 2.14. The van der Waals surface area contributed by atoms with Gasteiger partial charge in [-0.15, -0.1) is 0 Å². The van der Waals surface area contributed by atoms with Crippen molar-refractivity contribution in [2.75, 3.05) is 0 Å². The highest BCUT2D eigenvalue weighted by atomic mass is 16.4. The van der Waals surface area contributed by atoms with E-state index < -0.39 is 5.97 Å². The second kappa shape index (κ2) is 4.37. The van der Waals surface area contributed by atoms with Crippen LogP contribution in [0.1, 0.15) is 21.5 Å². The number of carbonyl (C=O) groups excluding carboxylic acids is 1. The Morgan fingerprint density at radius 1 is 1.29 bits per heavy atom. The van der Waals surface area contributed by atoms with Gasteiger partial charge in [0.2, 0.25) is 0 Å². The van der Waals surface area contributed by atoms with E-state index in [4.69, 9.17) is 5.11 Å². The van der Waals surface area contributed by atoms with E-state index in [1.807, 2.05) is 13.0 Å². The van der Waals surface area contributed by atoms with Crippen molar-refractivity contribution in [2.24, 2.45) is 0 Å². The van der Waals surface area contributed by atoms with Gasteiger partial charge < -0.3 is 5.11 Å². The van der Waals surface area contributed by atoms with Gasteiger partial charge in [-0.25, -0.2) is 4.79 Å². The maximum Gasteiger partial charge on any atom is 0.328 e.